The smallest absolute Gasteiger partial charge is 0.255 e. The molecule has 0 saturated carbocycles. The molecule has 1 aliphatic heterocycles. The summed E-state index contributed by atoms with van der Waals surface area (Å²) in [5.41, 5.74) is 2.16. The van der Waals surface area contributed by atoms with Gasteiger partial charge in [-0.15, -0.1) is 11.8 Å². The highest BCUT2D eigenvalue weighted by Crippen LogP contribution is 2.35. The van der Waals surface area contributed by atoms with Crippen molar-refractivity contribution in [3.63, 3.8) is 0 Å². The maximum Gasteiger partial charge on any atom is 0.255 e. The van der Waals surface area contributed by atoms with E-state index < -0.39 is 0 Å². The Hall–Kier alpha value is -2.71. The van der Waals surface area contributed by atoms with Gasteiger partial charge in [-0.05, 0) is 43.0 Å². The van der Waals surface area contributed by atoms with Gasteiger partial charge in [0.1, 0.15) is 0 Å². The highest BCUT2D eigenvalue weighted by Gasteiger charge is 2.30. The first-order valence-corrected chi connectivity index (χ1v) is 11.7. The molecule has 0 spiro atoms. The van der Waals surface area contributed by atoms with Crippen LogP contribution in [0.25, 0.3) is 5.69 Å². The van der Waals surface area contributed by atoms with Gasteiger partial charge in [-0.1, -0.05) is 30.0 Å². The molecule has 8 heteroatoms. The minimum absolute atomic E-state index is 0.109. The van der Waals surface area contributed by atoms with E-state index in [0.29, 0.717) is 11.3 Å². The summed E-state index contributed by atoms with van der Waals surface area (Å²) in [6.07, 6.45) is 6.40. The van der Waals surface area contributed by atoms with Crippen molar-refractivity contribution in [2.45, 2.75) is 21.7 Å². The molecule has 2 aromatic carbocycles. The number of carbonyl (C=O) groups is 2. The molecule has 1 atom stereocenters. The summed E-state index contributed by atoms with van der Waals surface area (Å²) in [4.78, 5) is 32.2. The molecule has 1 aliphatic rings. The SMILES string of the molecule is CSc1nccn1-c1cccc(C(=O)Nc2ccccc2S[C@@H]2CCN(C)C2=O)c1. The summed E-state index contributed by atoms with van der Waals surface area (Å²) in [6, 6.07) is 15.1. The lowest BCUT2D eigenvalue weighted by Crippen LogP contribution is -2.23. The van der Waals surface area contributed by atoms with E-state index in [4.69, 9.17) is 0 Å². The van der Waals surface area contributed by atoms with Crippen LogP contribution >= 0.6 is 23.5 Å². The zero-order valence-corrected chi connectivity index (χ0v) is 18.4. The molecule has 2 amide bonds. The topological polar surface area (TPSA) is 67.2 Å². The molecule has 1 N–H and O–H groups in total. The molecule has 0 radical (unpaired) electrons. The average molecular weight is 439 g/mol. The van der Waals surface area contributed by atoms with Crippen molar-refractivity contribution in [1.29, 1.82) is 0 Å². The third-order valence-electron chi connectivity index (χ3n) is 4.96. The zero-order chi connectivity index (χ0) is 21.1. The summed E-state index contributed by atoms with van der Waals surface area (Å²) >= 11 is 3.06. The number of para-hydroxylation sites is 1. The third-order valence-corrected chi connectivity index (χ3v) is 6.96. The Kier molecular flexibility index (Phi) is 6.15. The van der Waals surface area contributed by atoms with E-state index in [9.17, 15) is 9.59 Å². The first-order valence-electron chi connectivity index (χ1n) is 9.56. The second-order valence-electron chi connectivity index (χ2n) is 6.94. The van der Waals surface area contributed by atoms with Crippen LogP contribution in [-0.2, 0) is 4.79 Å². The number of nitrogens with one attached hydrogen (secondary N) is 1. The number of amides is 2. The van der Waals surface area contributed by atoms with Crippen molar-refractivity contribution < 1.29 is 9.59 Å². The van der Waals surface area contributed by atoms with Crippen LogP contribution in [0.15, 0.2) is 71.0 Å². The Labute approximate surface area is 184 Å². The van der Waals surface area contributed by atoms with Crippen molar-refractivity contribution >= 4 is 41.0 Å². The quantitative estimate of drug-likeness (QED) is 0.585. The Bertz CT molecular complexity index is 1080. The largest absolute Gasteiger partial charge is 0.345 e. The molecule has 1 saturated heterocycles. The molecule has 0 unspecified atom stereocenters. The first kappa shape index (κ1) is 20.6. The van der Waals surface area contributed by atoms with E-state index in [1.54, 1.807) is 28.9 Å². The normalized spacial score (nSPS) is 16.1. The van der Waals surface area contributed by atoms with Crippen LogP contribution in [0.2, 0.25) is 0 Å². The molecule has 4 rings (SSSR count). The number of rotatable bonds is 6. The lowest BCUT2D eigenvalue weighted by Gasteiger charge is -2.14. The fourth-order valence-electron chi connectivity index (χ4n) is 3.35. The van der Waals surface area contributed by atoms with Crippen molar-refractivity contribution in [3.05, 3.63) is 66.5 Å². The van der Waals surface area contributed by atoms with Gasteiger partial charge in [0.15, 0.2) is 5.16 Å². The molecular formula is C22H22N4O2S2. The molecular weight excluding hydrogens is 416 g/mol. The van der Waals surface area contributed by atoms with Gasteiger partial charge in [-0.3, -0.25) is 14.2 Å². The molecule has 1 aromatic heterocycles. The van der Waals surface area contributed by atoms with E-state index in [-0.39, 0.29) is 17.1 Å². The Morgan fingerprint density at radius 1 is 1.20 bits per heavy atom. The average Bonchev–Trinajstić information content (AvgIpc) is 3.37. The second-order valence-corrected chi connectivity index (χ2v) is 8.96. The molecule has 6 nitrogen and oxygen atoms in total. The molecule has 30 heavy (non-hydrogen) atoms. The lowest BCUT2D eigenvalue weighted by atomic mass is 10.2. The third kappa shape index (κ3) is 4.24. The highest BCUT2D eigenvalue weighted by atomic mass is 32.2. The van der Waals surface area contributed by atoms with Crippen LogP contribution in [0.1, 0.15) is 16.8 Å². The summed E-state index contributed by atoms with van der Waals surface area (Å²) < 4.78 is 1.95. The number of imidazole rings is 1. The molecule has 2 heterocycles. The predicted molar refractivity (Wildman–Crippen MR) is 122 cm³/mol. The summed E-state index contributed by atoms with van der Waals surface area (Å²) in [5, 5.41) is 3.77. The van der Waals surface area contributed by atoms with Gasteiger partial charge in [0.25, 0.3) is 5.91 Å². The van der Waals surface area contributed by atoms with Crippen molar-refractivity contribution in [1.82, 2.24) is 14.5 Å². The molecule has 0 aliphatic carbocycles. The van der Waals surface area contributed by atoms with Gasteiger partial charge in [0, 0.05) is 42.1 Å². The fraction of sp³-hybridized carbons (Fsp3) is 0.227. The minimum Gasteiger partial charge on any atom is -0.345 e. The van der Waals surface area contributed by atoms with Crippen molar-refractivity contribution in [2.24, 2.45) is 0 Å². The standard InChI is InChI=1S/C22H22N4O2S2/c1-25-12-10-19(21(25)28)30-18-9-4-3-8-17(18)24-20(27)15-6-5-7-16(14-15)26-13-11-23-22(26)29-2/h3-9,11,13-14,19H,10,12H2,1-2H3,(H,24,27)/t19-/m1/s1. The molecule has 0 bridgehead atoms. The predicted octanol–water partition coefficient (Wildman–Crippen LogP) is 4.17. The number of thioether (sulfide) groups is 2. The van der Waals surface area contributed by atoms with Crippen LogP contribution in [0.4, 0.5) is 5.69 Å². The van der Waals surface area contributed by atoms with Crippen LogP contribution in [0.3, 0.4) is 0 Å². The Morgan fingerprint density at radius 2 is 2.03 bits per heavy atom. The number of carbonyl (C=O) groups excluding carboxylic acids is 2. The van der Waals surface area contributed by atoms with Gasteiger partial charge < -0.3 is 10.2 Å². The number of hydrogen-bond donors (Lipinski definition) is 1. The van der Waals surface area contributed by atoms with Gasteiger partial charge in [-0.2, -0.15) is 0 Å². The van der Waals surface area contributed by atoms with E-state index in [2.05, 4.69) is 10.3 Å². The summed E-state index contributed by atoms with van der Waals surface area (Å²) in [6.45, 7) is 0.768. The van der Waals surface area contributed by atoms with Gasteiger partial charge >= 0.3 is 0 Å². The monoisotopic (exact) mass is 438 g/mol. The number of aromatic nitrogens is 2. The number of anilines is 1. The van der Waals surface area contributed by atoms with Crippen LogP contribution in [0, 0.1) is 0 Å². The lowest BCUT2D eigenvalue weighted by molar-refractivity contribution is -0.126. The van der Waals surface area contributed by atoms with E-state index in [1.165, 1.54) is 11.8 Å². The van der Waals surface area contributed by atoms with Gasteiger partial charge in [0.2, 0.25) is 5.91 Å². The van der Waals surface area contributed by atoms with Crippen LogP contribution < -0.4 is 5.32 Å². The Morgan fingerprint density at radius 3 is 2.80 bits per heavy atom. The highest BCUT2D eigenvalue weighted by molar-refractivity contribution is 8.00. The van der Waals surface area contributed by atoms with E-state index in [1.807, 2.05) is 66.5 Å². The number of benzene rings is 2. The summed E-state index contributed by atoms with van der Waals surface area (Å²) in [5.74, 6) is -0.0515. The van der Waals surface area contributed by atoms with Crippen molar-refractivity contribution in [3.8, 4) is 5.69 Å². The van der Waals surface area contributed by atoms with Crippen LogP contribution in [0.5, 0.6) is 0 Å². The maximum absolute atomic E-state index is 13.0. The minimum atomic E-state index is -0.189. The molecule has 3 aromatic rings. The fourth-order valence-corrected chi connectivity index (χ4v) is 5.10. The number of hydrogen-bond acceptors (Lipinski definition) is 5. The van der Waals surface area contributed by atoms with E-state index in [0.717, 1.165) is 28.7 Å². The van der Waals surface area contributed by atoms with Crippen LogP contribution in [-0.4, -0.2) is 51.4 Å². The Balaban J connectivity index is 1.54. The summed E-state index contributed by atoms with van der Waals surface area (Å²) in [7, 11) is 1.83. The van der Waals surface area contributed by atoms with Gasteiger partial charge in [0.05, 0.1) is 10.9 Å². The second kappa shape index (κ2) is 8.97. The molecule has 1 fully saturated rings. The number of likely N-dealkylation sites (tertiary alicyclic amines) is 1. The maximum atomic E-state index is 13.0. The molecule has 154 valence electrons. The van der Waals surface area contributed by atoms with Gasteiger partial charge in [-0.25, -0.2) is 4.98 Å². The zero-order valence-electron chi connectivity index (χ0n) is 16.7. The van der Waals surface area contributed by atoms with Crippen molar-refractivity contribution in [2.75, 3.05) is 25.2 Å². The van der Waals surface area contributed by atoms with E-state index >= 15 is 0 Å². The number of nitrogens with zero attached hydrogens (tertiary/aromatic N) is 3. The first-order chi connectivity index (χ1) is 14.6.